The van der Waals surface area contributed by atoms with Crippen LogP contribution in [-0.2, 0) is 23.8 Å². The molecule has 2 aromatic rings. The van der Waals surface area contributed by atoms with Crippen LogP contribution in [0.25, 0.3) is 10.8 Å². The highest BCUT2D eigenvalue weighted by molar-refractivity contribution is 5.86. The SMILES string of the molecule is COc1ccc2cc([C@H](C)C(=O)OCCCOC(=O)OC(C)ON=O)ccc2c1. The van der Waals surface area contributed by atoms with E-state index in [1.807, 2.05) is 36.4 Å². The molecule has 0 spiro atoms. The molecule has 9 heteroatoms. The molecule has 0 aliphatic carbocycles. The average Bonchev–Trinajstić information content (AvgIpc) is 2.72. The summed E-state index contributed by atoms with van der Waals surface area (Å²) in [5, 5.41) is 4.15. The van der Waals surface area contributed by atoms with Gasteiger partial charge in [0.05, 0.1) is 26.2 Å². The summed E-state index contributed by atoms with van der Waals surface area (Å²) in [6.45, 7) is 3.15. The van der Waals surface area contributed by atoms with Crippen molar-refractivity contribution < 1.29 is 33.4 Å². The number of ether oxygens (including phenoxy) is 4. The lowest BCUT2D eigenvalue weighted by Gasteiger charge is -2.13. The first kappa shape index (κ1) is 21.9. The zero-order chi connectivity index (χ0) is 21.2. The maximum atomic E-state index is 12.3. The first-order chi connectivity index (χ1) is 13.9. The van der Waals surface area contributed by atoms with Gasteiger partial charge in [0.15, 0.2) is 5.34 Å². The van der Waals surface area contributed by atoms with Gasteiger partial charge in [-0.2, -0.15) is 0 Å². The minimum Gasteiger partial charge on any atom is -0.497 e. The number of carbonyl (C=O) groups is 2. The van der Waals surface area contributed by atoms with Crippen LogP contribution in [0.1, 0.15) is 31.7 Å². The molecule has 9 nitrogen and oxygen atoms in total. The molecule has 0 radical (unpaired) electrons. The van der Waals surface area contributed by atoms with Crippen LogP contribution in [0.3, 0.4) is 0 Å². The van der Waals surface area contributed by atoms with Crippen LogP contribution < -0.4 is 4.74 Å². The summed E-state index contributed by atoms with van der Waals surface area (Å²) < 4.78 is 19.8. The third-order valence-corrected chi connectivity index (χ3v) is 4.13. The van der Waals surface area contributed by atoms with Crippen molar-refractivity contribution in [1.29, 1.82) is 0 Å². The maximum Gasteiger partial charge on any atom is 0.511 e. The Morgan fingerprint density at radius 2 is 1.69 bits per heavy atom. The molecular formula is C20H23NO8. The molecule has 0 aliphatic heterocycles. The lowest BCUT2D eigenvalue weighted by atomic mass is 9.98. The van der Waals surface area contributed by atoms with Gasteiger partial charge in [-0.25, -0.2) is 4.79 Å². The second kappa shape index (κ2) is 10.8. The number of hydrogen-bond acceptors (Lipinski definition) is 9. The van der Waals surface area contributed by atoms with Crippen LogP contribution in [0.15, 0.2) is 41.7 Å². The molecule has 29 heavy (non-hydrogen) atoms. The lowest BCUT2D eigenvalue weighted by molar-refractivity contribution is -0.145. The van der Waals surface area contributed by atoms with Crippen LogP contribution in [0.4, 0.5) is 4.79 Å². The molecule has 156 valence electrons. The zero-order valence-corrected chi connectivity index (χ0v) is 16.5. The third kappa shape index (κ3) is 6.63. The zero-order valence-electron chi connectivity index (χ0n) is 16.5. The maximum absolute atomic E-state index is 12.3. The molecule has 0 heterocycles. The Balaban J connectivity index is 1.77. The Bertz CT molecular complexity index is 853. The van der Waals surface area contributed by atoms with Crippen molar-refractivity contribution in [1.82, 2.24) is 0 Å². The van der Waals surface area contributed by atoms with Crippen molar-refractivity contribution in [2.24, 2.45) is 5.34 Å². The molecule has 0 N–H and O–H groups in total. The predicted octanol–water partition coefficient (Wildman–Crippen LogP) is 4.08. The summed E-state index contributed by atoms with van der Waals surface area (Å²) in [6.07, 6.45) is -1.85. The van der Waals surface area contributed by atoms with Crippen LogP contribution in [0.2, 0.25) is 0 Å². The molecule has 0 fully saturated rings. The number of rotatable bonds is 10. The van der Waals surface area contributed by atoms with Gasteiger partial charge in [0, 0.05) is 13.3 Å². The Morgan fingerprint density at radius 3 is 2.41 bits per heavy atom. The van der Waals surface area contributed by atoms with Gasteiger partial charge in [0.25, 0.3) is 6.29 Å². The van der Waals surface area contributed by atoms with E-state index in [0.717, 1.165) is 22.1 Å². The predicted molar refractivity (Wildman–Crippen MR) is 103 cm³/mol. The number of hydrogen-bond donors (Lipinski definition) is 0. The van der Waals surface area contributed by atoms with Crippen molar-refractivity contribution in [3.8, 4) is 5.75 Å². The number of nitrogens with zero attached hydrogens (tertiary/aromatic N) is 1. The molecule has 2 atom stereocenters. The molecule has 0 aromatic heterocycles. The van der Waals surface area contributed by atoms with Gasteiger partial charge in [0.2, 0.25) is 0 Å². The molecule has 2 aromatic carbocycles. The number of benzene rings is 2. The Hall–Kier alpha value is -3.36. The van der Waals surface area contributed by atoms with Crippen LogP contribution in [-0.4, -0.2) is 38.7 Å². The lowest BCUT2D eigenvalue weighted by Crippen LogP contribution is -2.19. The summed E-state index contributed by atoms with van der Waals surface area (Å²) in [6, 6.07) is 11.5. The normalized spacial score (nSPS) is 12.5. The highest BCUT2D eigenvalue weighted by Gasteiger charge is 2.17. The molecule has 0 bridgehead atoms. The van der Waals surface area contributed by atoms with E-state index < -0.39 is 18.4 Å². The number of methoxy groups -OCH3 is 1. The summed E-state index contributed by atoms with van der Waals surface area (Å²) in [7, 11) is 1.61. The topological polar surface area (TPSA) is 110 Å². The summed E-state index contributed by atoms with van der Waals surface area (Å²) in [5.74, 6) is -0.0491. The van der Waals surface area contributed by atoms with E-state index in [-0.39, 0.29) is 19.2 Å². The first-order valence-corrected chi connectivity index (χ1v) is 9.01. The minimum atomic E-state index is -1.14. The number of esters is 1. The molecule has 2 rings (SSSR count). The highest BCUT2D eigenvalue weighted by atomic mass is 16.8. The molecule has 0 aliphatic rings. The van der Waals surface area contributed by atoms with E-state index >= 15 is 0 Å². The molecule has 1 unspecified atom stereocenters. The smallest absolute Gasteiger partial charge is 0.497 e. The molecule has 0 saturated heterocycles. The largest absolute Gasteiger partial charge is 0.511 e. The van der Waals surface area contributed by atoms with Crippen molar-refractivity contribution in [3.05, 3.63) is 46.9 Å². The fourth-order valence-corrected chi connectivity index (χ4v) is 2.54. The summed E-state index contributed by atoms with van der Waals surface area (Å²) in [5.41, 5.74) is 0.838. The van der Waals surface area contributed by atoms with Gasteiger partial charge >= 0.3 is 12.1 Å². The molecule has 0 amide bonds. The van der Waals surface area contributed by atoms with Crippen LogP contribution >= 0.6 is 0 Å². The molecule has 0 saturated carbocycles. The van der Waals surface area contributed by atoms with E-state index in [0.29, 0.717) is 6.42 Å². The summed E-state index contributed by atoms with van der Waals surface area (Å²) in [4.78, 5) is 37.5. The van der Waals surface area contributed by atoms with E-state index in [4.69, 9.17) is 14.2 Å². The Labute approximate surface area is 167 Å². The van der Waals surface area contributed by atoms with Gasteiger partial charge in [-0.15, -0.1) is 4.91 Å². The van der Waals surface area contributed by atoms with Gasteiger partial charge in [0.1, 0.15) is 5.75 Å². The summed E-state index contributed by atoms with van der Waals surface area (Å²) >= 11 is 0. The van der Waals surface area contributed by atoms with E-state index in [1.165, 1.54) is 6.92 Å². The molecular weight excluding hydrogens is 382 g/mol. The number of carbonyl (C=O) groups excluding carboxylic acids is 2. The Morgan fingerprint density at radius 1 is 1.00 bits per heavy atom. The van der Waals surface area contributed by atoms with Crippen molar-refractivity contribution in [2.75, 3.05) is 20.3 Å². The Kier molecular flexibility index (Phi) is 8.20. The second-order valence-corrected chi connectivity index (χ2v) is 6.18. The first-order valence-electron chi connectivity index (χ1n) is 9.01. The average molecular weight is 405 g/mol. The monoisotopic (exact) mass is 405 g/mol. The fraction of sp³-hybridized carbons (Fsp3) is 0.400. The highest BCUT2D eigenvalue weighted by Crippen LogP contribution is 2.25. The van der Waals surface area contributed by atoms with E-state index in [1.54, 1.807) is 14.0 Å². The fourth-order valence-electron chi connectivity index (χ4n) is 2.54. The van der Waals surface area contributed by atoms with Gasteiger partial charge < -0.3 is 23.8 Å². The van der Waals surface area contributed by atoms with Crippen LogP contribution in [0, 0.1) is 4.91 Å². The van der Waals surface area contributed by atoms with Gasteiger partial charge in [-0.3, -0.25) is 4.79 Å². The quantitative estimate of drug-likeness (QED) is 0.191. The van der Waals surface area contributed by atoms with E-state index in [9.17, 15) is 14.5 Å². The van der Waals surface area contributed by atoms with Crippen LogP contribution in [0.5, 0.6) is 5.75 Å². The number of fused-ring (bicyclic) bond motifs is 1. The second-order valence-electron chi connectivity index (χ2n) is 6.18. The van der Waals surface area contributed by atoms with Crippen molar-refractivity contribution in [3.63, 3.8) is 0 Å². The third-order valence-electron chi connectivity index (χ3n) is 4.13. The minimum absolute atomic E-state index is 0.0143. The van der Waals surface area contributed by atoms with Gasteiger partial charge in [-0.1, -0.05) is 24.3 Å². The van der Waals surface area contributed by atoms with E-state index in [2.05, 4.69) is 14.9 Å². The van der Waals surface area contributed by atoms with Gasteiger partial charge in [-0.05, 0) is 35.4 Å². The van der Waals surface area contributed by atoms with Crippen molar-refractivity contribution in [2.45, 2.75) is 32.5 Å². The standard InChI is InChI=1S/C20H23NO8/c1-13(15-5-6-17-12-18(25-3)8-7-16(17)11-15)19(22)26-9-4-10-27-20(23)28-14(2)29-21-24/h5-8,11-14H,4,9-10H2,1-3H3/t13-,14?/m0/s1. The van der Waals surface area contributed by atoms with Crippen molar-refractivity contribution >= 4 is 22.9 Å².